The van der Waals surface area contributed by atoms with E-state index in [1.807, 2.05) is 0 Å². The third-order valence-corrected chi connectivity index (χ3v) is 6.16. The molecule has 18 heavy (non-hydrogen) atoms. The minimum Gasteiger partial charge on any atom is -0.390 e. The van der Waals surface area contributed by atoms with E-state index < -0.39 is 16.4 Å². The summed E-state index contributed by atoms with van der Waals surface area (Å²) in [6.07, 6.45) is 5.13. The lowest BCUT2D eigenvalue weighted by molar-refractivity contribution is 0.000720. The maximum absolute atomic E-state index is 11.9. The van der Waals surface area contributed by atoms with Crippen molar-refractivity contribution >= 4 is 10.8 Å². The van der Waals surface area contributed by atoms with E-state index in [1.54, 1.807) is 7.11 Å². The van der Waals surface area contributed by atoms with Crippen molar-refractivity contribution in [1.29, 1.82) is 0 Å². The second-order valence-electron chi connectivity index (χ2n) is 5.49. The predicted octanol–water partition coefficient (Wildman–Crippen LogP) is 1.23. The summed E-state index contributed by atoms with van der Waals surface area (Å²) in [4.78, 5) is 0. The van der Waals surface area contributed by atoms with E-state index in [0.29, 0.717) is 32.7 Å². The predicted molar refractivity (Wildman–Crippen MR) is 71.1 cm³/mol. The van der Waals surface area contributed by atoms with Crippen molar-refractivity contribution < 1.29 is 18.8 Å². The van der Waals surface area contributed by atoms with Gasteiger partial charge in [0.15, 0.2) is 0 Å². The van der Waals surface area contributed by atoms with Crippen molar-refractivity contribution in [3.8, 4) is 0 Å². The maximum Gasteiger partial charge on any atom is 0.0700 e. The Morgan fingerprint density at radius 2 is 1.89 bits per heavy atom. The summed E-state index contributed by atoms with van der Waals surface area (Å²) in [5.41, 5.74) is -0.593. The number of methoxy groups -OCH3 is 1. The van der Waals surface area contributed by atoms with Crippen LogP contribution in [0.25, 0.3) is 0 Å². The molecule has 0 aromatic rings. The second-order valence-corrected chi connectivity index (χ2v) is 7.48. The van der Waals surface area contributed by atoms with E-state index >= 15 is 0 Å². The molecular formula is C13H24O4S. The van der Waals surface area contributed by atoms with Gasteiger partial charge in [0.05, 0.1) is 18.8 Å². The van der Waals surface area contributed by atoms with Crippen LogP contribution in [0.5, 0.6) is 0 Å². The number of fused-ring (bicyclic) bond motifs is 2. The molecule has 106 valence electrons. The lowest BCUT2D eigenvalue weighted by Gasteiger charge is -2.35. The number of hydrogen-bond acceptors (Lipinski definition) is 4. The van der Waals surface area contributed by atoms with Crippen LogP contribution in [0.3, 0.4) is 0 Å². The van der Waals surface area contributed by atoms with Gasteiger partial charge in [-0.25, -0.2) is 0 Å². The molecule has 2 aliphatic rings. The number of hydrogen-bond donors (Lipinski definition) is 1. The Morgan fingerprint density at radius 3 is 2.50 bits per heavy atom. The highest BCUT2D eigenvalue weighted by atomic mass is 32.2. The van der Waals surface area contributed by atoms with Crippen LogP contribution in [-0.4, -0.2) is 52.3 Å². The van der Waals surface area contributed by atoms with Crippen molar-refractivity contribution in [2.45, 2.75) is 54.6 Å². The van der Waals surface area contributed by atoms with E-state index in [4.69, 9.17) is 9.47 Å². The van der Waals surface area contributed by atoms with Crippen molar-refractivity contribution in [2.24, 2.45) is 0 Å². The summed E-state index contributed by atoms with van der Waals surface area (Å²) in [7, 11) is 0.972. The molecule has 0 aliphatic carbocycles. The van der Waals surface area contributed by atoms with E-state index in [-0.39, 0.29) is 10.5 Å². The van der Waals surface area contributed by atoms with Crippen LogP contribution in [0.4, 0.5) is 0 Å². The fourth-order valence-corrected chi connectivity index (χ4v) is 5.36. The smallest absolute Gasteiger partial charge is 0.0700 e. The lowest BCUT2D eigenvalue weighted by Crippen LogP contribution is -2.42. The first kappa shape index (κ1) is 14.4. The monoisotopic (exact) mass is 276 g/mol. The molecule has 0 radical (unpaired) electrons. The topological polar surface area (TPSA) is 55.8 Å². The summed E-state index contributed by atoms with van der Waals surface area (Å²) in [5, 5.41) is 11.0. The Kier molecular flexibility index (Phi) is 5.18. The molecule has 2 heterocycles. The largest absolute Gasteiger partial charge is 0.390 e. The summed E-state index contributed by atoms with van der Waals surface area (Å²) >= 11 is 0. The quantitative estimate of drug-likeness (QED) is 0.711. The zero-order valence-electron chi connectivity index (χ0n) is 11.1. The first-order valence-electron chi connectivity index (χ1n) is 6.83. The van der Waals surface area contributed by atoms with Crippen LogP contribution in [-0.2, 0) is 20.3 Å². The van der Waals surface area contributed by atoms with E-state index in [1.165, 1.54) is 0 Å². The molecule has 0 aromatic carbocycles. The second kappa shape index (κ2) is 6.46. The minimum absolute atomic E-state index is 0.239. The van der Waals surface area contributed by atoms with Gasteiger partial charge in [-0.2, -0.15) is 0 Å². The normalized spacial score (nSPS) is 39.1. The highest BCUT2D eigenvalue weighted by molar-refractivity contribution is 7.86. The number of ether oxygens (including phenoxy) is 2. The number of aliphatic hydroxyl groups is 1. The van der Waals surface area contributed by atoms with E-state index in [9.17, 15) is 9.32 Å². The molecule has 0 aromatic heterocycles. The zero-order chi connectivity index (χ0) is 13.0. The maximum atomic E-state index is 11.9. The average molecular weight is 276 g/mol. The van der Waals surface area contributed by atoms with Crippen LogP contribution >= 0.6 is 0 Å². The zero-order valence-corrected chi connectivity index (χ0v) is 11.9. The summed E-state index contributed by atoms with van der Waals surface area (Å²) in [6, 6.07) is 0. The van der Waals surface area contributed by atoms with Gasteiger partial charge in [-0.15, -0.1) is 0 Å². The SMILES string of the molecule is COCCOCCCC1(O)CC2CCC(C1)S2=O. The summed E-state index contributed by atoms with van der Waals surface area (Å²) in [5.74, 6) is 0. The van der Waals surface area contributed by atoms with Gasteiger partial charge in [0.1, 0.15) is 0 Å². The van der Waals surface area contributed by atoms with Crippen molar-refractivity contribution in [1.82, 2.24) is 0 Å². The van der Waals surface area contributed by atoms with Crippen LogP contribution < -0.4 is 0 Å². The first-order chi connectivity index (χ1) is 8.64. The van der Waals surface area contributed by atoms with Gasteiger partial charge in [0.2, 0.25) is 0 Å². The molecule has 2 saturated heterocycles. The third-order valence-electron chi connectivity index (χ3n) is 4.05. The first-order valence-corrected chi connectivity index (χ1v) is 8.11. The molecule has 5 heteroatoms. The average Bonchev–Trinajstić information content (AvgIpc) is 2.58. The standard InChI is InChI=1S/C13H24O4S/c1-16-7-8-17-6-2-5-13(14)9-11-3-4-12(10-13)18(11)15/h11-12,14H,2-10H2,1H3. The van der Waals surface area contributed by atoms with Gasteiger partial charge in [-0.3, -0.25) is 4.21 Å². The fourth-order valence-electron chi connectivity index (χ4n) is 3.13. The van der Waals surface area contributed by atoms with Gasteiger partial charge in [0, 0.05) is 35.0 Å². The molecular weight excluding hydrogens is 252 g/mol. The molecule has 1 N–H and O–H groups in total. The van der Waals surface area contributed by atoms with Gasteiger partial charge >= 0.3 is 0 Å². The Morgan fingerprint density at radius 1 is 1.22 bits per heavy atom. The molecule has 0 amide bonds. The minimum atomic E-state index is -0.685. The van der Waals surface area contributed by atoms with Crippen molar-refractivity contribution in [3.63, 3.8) is 0 Å². The van der Waals surface area contributed by atoms with Gasteiger partial charge in [0.25, 0.3) is 0 Å². The number of rotatable bonds is 7. The molecule has 2 aliphatic heterocycles. The van der Waals surface area contributed by atoms with Crippen LogP contribution in [0.2, 0.25) is 0 Å². The molecule has 2 atom stereocenters. The molecule has 2 bridgehead atoms. The van der Waals surface area contributed by atoms with E-state index in [0.717, 1.165) is 25.7 Å². The Hall–Kier alpha value is 0.0300. The lowest BCUT2D eigenvalue weighted by atomic mass is 9.89. The third kappa shape index (κ3) is 3.53. The van der Waals surface area contributed by atoms with Gasteiger partial charge in [-0.1, -0.05) is 0 Å². The van der Waals surface area contributed by atoms with Gasteiger partial charge < -0.3 is 14.6 Å². The fraction of sp³-hybridized carbons (Fsp3) is 1.00. The molecule has 0 saturated carbocycles. The molecule has 0 spiro atoms. The Bertz CT molecular complexity index is 279. The van der Waals surface area contributed by atoms with Gasteiger partial charge in [-0.05, 0) is 38.5 Å². The van der Waals surface area contributed by atoms with Crippen molar-refractivity contribution in [2.75, 3.05) is 26.9 Å². The van der Waals surface area contributed by atoms with Crippen molar-refractivity contribution in [3.05, 3.63) is 0 Å². The highest BCUT2D eigenvalue weighted by Crippen LogP contribution is 2.42. The molecule has 4 nitrogen and oxygen atoms in total. The highest BCUT2D eigenvalue weighted by Gasteiger charge is 2.47. The molecule has 2 unspecified atom stereocenters. The molecule has 2 fully saturated rings. The van der Waals surface area contributed by atoms with Crippen LogP contribution in [0.15, 0.2) is 0 Å². The Balaban J connectivity index is 1.68. The van der Waals surface area contributed by atoms with E-state index in [2.05, 4.69) is 0 Å². The van der Waals surface area contributed by atoms with Crippen LogP contribution in [0, 0.1) is 0 Å². The van der Waals surface area contributed by atoms with Crippen LogP contribution in [0.1, 0.15) is 38.5 Å². The Labute approximate surface area is 112 Å². The summed E-state index contributed by atoms with van der Waals surface area (Å²) in [6.45, 7) is 1.90. The summed E-state index contributed by atoms with van der Waals surface area (Å²) < 4.78 is 22.2. The molecule has 2 rings (SSSR count).